The largest absolute Gasteiger partial charge is 0.493 e. The maximum absolute atomic E-state index is 6.33. The van der Waals surface area contributed by atoms with Gasteiger partial charge in [0.25, 0.3) is 0 Å². The smallest absolute Gasteiger partial charge is 0.163 e. The highest BCUT2D eigenvalue weighted by Crippen LogP contribution is 2.37. The molecule has 1 saturated heterocycles. The van der Waals surface area contributed by atoms with Crippen molar-refractivity contribution in [3.05, 3.63) is 22.7 Å². The van der Waals surface area contributed by atoms with Crippen LogP contribution >= 0.6 is 11.6 Å². The molecule has 5 heteroatoms. The van der Waals surface area contributed by atoms with Crippen LogP contribution in [0.25, 0.3) is 0 Å². The summed E-state index contributed by atoms with van der Waals surface area (Å²) in [6.45, 7) is 6.26. The maximum Gasteiger partial charge on any atom is 0.163 e. The van der Waals surface area contributed by atoms with Crippen molar-refractivity contribution >= 4 is 11.6 Å². The van der Waals surface area contributed by atoms with E-state index in [1.54, 1.807) is 13.2 Å². The van der Waals surface area contributed by atoms with Crippen LogP contribution in [0.2, 0.25) is 5.02 Å². The lowest BCUT2D eigenvalue weighted by atomic mass is 10.1. The SMILES string of the molecule is COc1cc(C2CNCCO2)c(Cl)cc1OC(C)C. The first-order chi connectivity index (χ1) is 9.11. The lowest BCUT2D eigenvalue weighted by Crippen LogP contribution is -2.33. The zero-order chi connectivity index (χ0) is 13.8. The van der Waals surface area contributed by atoms with Crippen molar-refractivity contribution < 1.29 is 14.2 Å². The van der Waals surface area contributed by atoms with Crippen LogP contribution in [0.15, 0.2) is 12.1 Å². The van der Waals surface area contributed by atoms with Gasteiger partial charge in [-0.1, -0.05) is 11.6 Å². The quantitative estimate of drug-likeness (QED) is 0.923. The van der Waals surface area contributed by atoms with Crippen LogP contribution in [-0.4, -0.2) is 32.9 Å². The summed E-state index contributed by atoms with van der Waals surface area (Å²) >= 11 is 6.33. The number of hydrogen-bond acceptors (Lipinski definition) is 4. The van der Waals surface area contributed by atoms with Crippen LogP contribution in [0, 0.1) is 0 Å². The molecule has 0 saturated carbocycles. The van der Waals surface area contributed by atoms with Crippen LogP contribution in [0.3, 0.4) is 0 Å². The third-order valence-electron chi connectivity index (χ3n) is 2.92. The Hall–Kier alpha value is -0.970. The van der Waals surface area contributed by atoms with Gasteiger partial charge < -0.3 is 19.5 Å². The van der Waals surface area contributed by atoms with E-state index < -0.39 is 0 Å². The number of hydrogen-bond donors (Lipinski definition) is 1. The van der Waals surface area contributed by atoms with E-state index in [1.807, 2.05) is 19.9 Å². The Labute approximate surface area is 119 Å². The van der Waals surface area contributed by atoms with E-state index in [0.29, 0.717) is 23.1 Å². The minimum absolute atomic E-state index is 0.0387. The lowest BCUT2D eigenvalue weighted by molar-refractivity contribution is 0.0276. The normalized spacial score (nSPS) is 19.5. The number of nitrogens with one attached hydrogen (secondary N) is 1. The molecule has 1 aliphatic heterocycles. The van der Waals surface area contributed by atoms with Crippen LogP contribution in [-0.2, 0) is 4.74 Å². The molecule has 0 spiro atoms. The van der Waals surface area contributed by atoms with Gasteiger partial charge in [0.2, 0.25) is 0 Å². The predicted molar refractivity (Wildman–Crippen MR) is 75.3 cm³/mol. The van der Waals surface area contributed by atoms with Crippen LogP contribution in [0.1, 0.15) is 25.5 Å². The van der Waals surface area contributed by atoms with Gasteiger partial charge in [0, 0.05) is 24.7 Å². The Morgan fingerprint density at radius 1 is 1.37 bits per heavy atom. The first-order valence-electron chi connectivity index (χ1n) is 6.48. The molecule has 106 valence electrons. The molecule has 1 fully saturated rings. The van der Waals surface area contributed by atoms with Crippen molar-refractivity contribution in [1.29, 1.82) is 0 Å². The van der Waals surface area contributed by atoms with Crippen molar-refractivity contribution in [2.24, 2.45) is 0 Å². The fourth-order valence-corrected chi connectivity index (χ4v) is 2.34. The fraction of sp³-hybridized carbons (Fsp3) is 0.571. The van der Waals surface area contributed by atoms with Gasteiger partial charge in [-0.3, -0.25) is 0 Å². The standard InChI is InChI=1S/C14H20ClNO3/c1-9(2)19-13-7-11(15)10(6-12(13)17-3)14-8-16-4-5-18-14/h6-7,9,14,16H,4-5,8H2,1-3H3. The molecule has 0 aromatic heterocycles. The first kappa shape index (κ1) is 14.4. The predicted octanol–water partition coefficient (Wildman–Crippen LogP) is 2.80. The molecule has 1 heterocycles. The summed E-state index contributed by atoms with van der Waals surface area (Å²) in [5.41, 5.74) is 0.932. The van der Waals surface area contributed by atoms with E-state index in [1.165, 1.54) is 0 Å². The summed E-state index contributed by atoms with van der Waals surface area (Å²) in [7, 11) is 1.63. The van der Waals surface area contributed by atoms with Gasteiger partial charge in [-0.05, 0) is 19.9 Å². The number of rotatable bonds is 4. The summed E-state index contributed by atoms with van der Waals surface area (Å²) < 4.78 is 16.8. The summed E-state index contributed by atoms with van der Waals surface area (Å²) in [6, 6.07) is 3.70. The van der Waals surface area contributed by atoms with Crippen molar-refractivity contribution in [2.45, 2.75) is 26.1 Å². The Bertz CT molecular complexity index is 431. The highest BCUT2D eigenvalue weighted by molar-refractivity contribution is 6.31. The highest BCUT2D eigenvalue weighted by atomic mass is 35.5. The lowest BCUT2D eigenvalue weighted by Gasteiger charge is -2.25. The number of ether oxygens (including phenoxy) is 3. The molecular weight excluding hydrogens is 266 g/mol. The fourth-order valence-electron chi connectivity index (χ4n) is 2.07. The van der Waals surface area contributed by atoms with Gasteiger partial charge >= 0.3 is 0 Å². The van der Waals surface area contributed by atoms with Gasteiger partial charge in [-0.25, -0.2) is 0 Å². The number of morpholine rings is 1. The zero-order valence-electron chi connectivity index (χ0n) is 11.5. The molecular formula is C14H20ClNO3. The molecule has 1 aromatic rings. The van der Waals surface area contributed by atoms with Crippen molar-refractivity contribution in [3.63, 3.8) is 0 Å². The summed E-state index contributed by atoms with van der Waals surface area (Å²) in [6.07, 6.45) is 0.0339. The van der Waals surface area contributed by atoms with Crippen molar-refractivity contribution in [3.8, 4) is 11.5 Å². The van der Waals surface area contributed by atoms with Crippen LogP contribution in [0.5, 0.6) is 11.5 Å². The van der Waals surface area contributed by atoms with E-state index in [4.69, 9.17) is 25.8 Å². The highest BCUT2D eigenvalue weighted by Gasteiger charge is 2.21. The topological polar surface area (TPSA) is 39.7 Å². The average molecular weight is 286 g/mol. The molecule has 2 rings (SSSR count). The second-order valence-electron chi connectivity index (χ2n) is 4.75. The molecule has 0 bridgehead atoms. The molecule has 0 amide bonds. The van der Waals surface area contributed by atoms with E-state index in [9.17, 15) is 0 Å². The van der Waals surface area contributed by atoms with E-state index in [0.717, 1.165) is 18.7 Å². The molecule has 1 atom stereocenters. The molecule has 1 N–H and O–H groups in total. The van der Waals surface area contributed by atoms with Crippen molar-refractivity contribution in [2.75, 3.05) is 26.8 Å². The third kappa shape index (κ3) is 3.53. The summed E-state index contributed by atoms with van der Waals surface area (Å²) in [4.78, 5) is 0. The Morgan fingerprint density at radius 3 is 2.74 bits per heavy atom. The molecule has 1 aliphatic rings. The second kappa shape index (κ2) is 6.46. The van der Waals surface area contributed by atoms with E-state index >= 15 is 0 Å². The summed E-state index contributed by atoms with van der Waals surface area (Å²) in [5, 5.41) is 3.93. The Balaban J connectivity index is 2.29. The maximum atomic E-state index is 6.33. The van der Waals surface area contributed by atoms with Crippen LogP contribution < -0.4 is 14.8 Å². The second-order valence-corrected chi connectivity index (χ2v) is 5.16. The first-order valence-corrected chi connectivity index (χ1v) is 6.86. The van der Waals surface area contributed by atoms with Gasteiger partial charge in [0.05, 0.1) is 30.9 Å². The summed E-state index contributed by atoms with van der Waals surface area (Å²) in [5.74, 6) is 1.34. The van der Waals surface area contributed by atoms with E-state index in [-0.39, 0.29) is 12.2 Å². The van der Waals surface area contributed by atoms with Gasteiger partial charge in [-0.2, -0.15) is 0 Å². The molecule has 19 heavy (non-hydrogen) atoms. The molecule has 1 aromatic carbocycles. The minimum atomic E-state index is -0.0387. The molecule has 0 radical (unpaired) electrons. The molecule has 1 unspecified atom stereocenters. The monoisotopic (exact) mass is 285 g/mol. The number of benzene rings is 1. The zero-order valence-corrected chi connectivity index (χ0v) is 12.3. The Morgan fingerprint density at radius 2 is 2.16 bits per heavy atom. The van der Waals surface area contributed by atoms with Crippen molar-refractivity contribution in [1.82, 2.24) is 5.32 Å². The van der Waals surface area contributed by atoms with E-state index in [2.05, 4.69) is 5.32 Å². The third-order valence-corrected chi connectivity index (χ3v) is 3.25. The van der Waals surface area contributed by atoms with Gasteiger partial charge in [0.15, 0.2) is 11.5 Å². The Kier molecular flexibility index (Phi) is 4.91. The molecule has 4 nitrogen and oxygen atoms in total. The van der Waals surface area contributed by atoms with Gasteiger partial charge in [-0.15, -0.1) is 0 Å². The number of methoxy groups -OCH3 is 1. The average Bonchev–Trinajstić information content (AvgIpc) is 2.39. The number of halogens is 1. The minimum Gasteiger partial charge on any atom is -0.493 e. The molecule has 0 aliphatic carbocycles. The van der Waals surface area contributed by atoms with Crippen LogP contribution in [0.4, 0.5) is 0 Å². The van der Waals surface area contributed by atoms with Gasteiger partial charge in [0.1, 0.15) is 0 Å².